The number of rotatable bonds is 9. The molecule has 1 N–H and O–H groups in total. The Labute approximate surface area is 110 Å². The second-order valence-corrected chi connectivity index (χ2v) is 4.88. The molecule has 0 amide bonds. The van der Waals surface area contributed by atoms with E-state index in [1.165, 1.54) is 38.5 Å². The molecule has 100 valence electrons. The van der Waals surface area contributed by atoms with Gasteiger partial charge in [0.15, 0.2) is 0 Å². The summed E-state index contributed by atoms with van der Waals surface area (Å²) in [6.45, 7) is 2.23. The first-order valence-corrected chi connectivity index (χ1v) is 7.05. The van der Waals surface area contributed by atoms with Crippen molar-refractivity contribution in [2.45, 2.75) is 58.3 Å². The van der Waals surface area contributed by atoms with Crippen molar-refractivity contribution >= 4 is 6.29 Å². The molecular weight excluding hydrogens is 224 g/mol. The quantitative estimate of drug-likeness (QED) is 0.516. The summed E-state index contributed by atoms with van der Waals surface area (Å²) in [5.74, 6) is 0.255. The predicted octanol–water partition coefficient (Wildman–Crippen LogP) is 4.50. The largest absolute Gasteiger partial charge is 0.508 e. The molecule has 0 saturated heterocycles. The van der Waals surface area contributed by atoms with Crippen LogP contribution in [0.3, 0.4) is 0 Å². The minimum atomic E-state index is 0.255. The molecule has 0 saturated carbocycles. The third kappa shape index (κ3) is 5.35. The van der Waals surface area contributed by atoms with Gasteiger partial charge in [0.1, 0.15) is 12.0 Å². The molecule has 1 aromatic rings. The Hall–Kier alpha value is -1.31. The zero-order valence-electron chi connectivity index (χ0n) is 11.3. The van der Waals surface area contributed by atoms with Gasteiger partial charge in [-0.3, -0.25) is 4.79 Å². The highest BCUT2D eigenvalue weighted by Gasteiger charge is 2.02. The van der Waals surface area contributed by atoms with E-state index in [2.05, 4.69) is 6.92 Å². The summed E-state index contributed by atoms with van der Waals surface area (Å²) in [6.07, 6.45) is 10.6. The summed E-state index contributed by atoms with van der Waals surface area (Å²) in [6, 6.07) is 5.17. The smallest absolute Gasteiger partial charge is 0.150 e. The van der Waals surface area contributed by atoms with Gasteiger partial charge in [-0.2, -0.15) is 0 Å². The van der Waals surface area contributed by atoms with Gasteiger partial charge in [0.25, 0.3) is 0 Å². The standard InChI is InChI=1S/C16H24O2/c1-2-3-4-5-6-7-8-9-15-11-10-14(13-17)12-16(15)18/h10-13,18H,2-9H2,1H3. The third-order valence-corrected chi connectivity index (χ3v) is 3.30. The molecule has 0 bridgehead atoms. The van der Waals surface area contributed by atoms with Crippen molar-refractivity contribution in [2.75, 3.05) is 0 Å². The van der Waals surface area contributed by atoms with Crippen LogP contribution in [0.2, 0.25) is 0 Å². The Morgan fingerprint density at radius 1 is 1.06 bits per heavy atom. The molecule has 0 aliphatic heterocycles. The SMILES string of the molecule is CCCCCCCCCc1ccc(C=O)cc1O. The van der Waals surface area contributed by atoms with E-state index in [0.717, 1.165) is 24.7 Å². The topological polar surface area (TPSA) is 37.3 Å². The molecule has 1 aromatic carbocycles. The number of aromatic hydroxyl groups is 1. The highest BCUT2D eigenvalue weighted by atomic mass is 16.3. The molecule has 0 aliphatic rings. The third-order valence-electron chi connectivity index (χ3n) is 3.30. The van der Waals surface area contributed by atoms with Crippen LogP contribution in [0.25, 0.3) is 0 Å². The molecule has 0 aromatic heterocycles. The van der Waals surface area contributed by atoms with E-state index in [0.29, 0.717) is 5.56 Å². The van der Waals surface area contributed by atoms with Crippen LogP contribution in [-0.2, 0) is 6.42 Å². The molecule has 1 rings (SSSR count). The van der Waals surface area contributed by atoms with Gasteiger partial charge in [0, 0.05) is 5.56 Å². The van der Waals surface area contributed by atoms with Crippen LogP contribution in [0, 0.1) is 0 Å². The summed E-state index contributed by atoms with van der Waals surface area (Å²) in [4.78, 5) is 10.5. The van der Waals surface area contributed by atoms with Gasteiger partial charge in [0.2, 0.25) is 0 Å². The van der Waals surface area contributed by atoms with E-state index in [-0.39, 0.29) is 5.75 Å². The first-order chi connectivity index (χ1) is 8.77. The van der Waals surface area contributed by atoms with Gasteiger partial charge in [-0.25, -0.2) is 0 Å². The summed E-state index contributed by atoms with van der Waals surface area (Å²) in [5.41, 5.74) is 1.49. The minimum Gasteiger partial charge on any atom is -0.508 e. The fraction of sp³-hybridized carbons (Fsp3) is 0.562. The molecule has 0 atom stereocenters. The second-order valence-electron chi connectivity index (χ2n) is 4.88. The van der Waals surface area contributed by atoms with Crippen LogP contribution >= 0.6 is 0 Å². The molecule has 0 aliphatic carbocycles. The number of phenols is 1. The van der Waals surface area contributed by atoms with Crippen molar-refractivity contribution in [3.05, 3.63) is 29.3 Å². The Bertz CT molecular complexity index is 358. The summed E-state index contributed by atoms with van der Waals surface area (Å²) >= 11 is 0. The lowest BCUT2D eigenvalue weighted by atomic mass is 10.0. The fourth-order valence-corrected chi connectivity index (χ4v) is 2.14. The van der Waals surface area contributed by atoms with Crippen LogP contribution < -0.4 is 0 Å². The van der Waals surface area contributed by atoms with Crippen LogP contribution in [0.1, 0.15) is 67.8 Å². The molecule has 0 radical (unpaired) electrons. The van der Waals surface area contributed by atoms with Gasteiger partial charge < -0.3 is 5.11 Å². The monoisotopic (exact) mass is 248 g/mol. The summed E-state index contributed by atoms with van der Waals surface area (Å²) in [7, 11) is 0. The number of carbonyl (C=O) groups is 1. The summed E-state index contributed by atoms with van der Waals surface area (Å²) in [5, 5.41) is 9.74. The molecule has 0 heterocycles. The van der Waals surface area contributed by atoms with Crippen molar-refractivity contribution in [2.24, 2.45) is 0 Å². The first kappa shape index (κ1) is 14.7. The van der Waals surface area contributed by atoms with E-state index >= 15 is 0 Å². The minimum absolute atomic E-state index is 0.255. The average molecular weight is 248 g/mol. The van der Waals surface area contributed by atoms with Crippen molar-refractivity contribution in [3.8, 4) is 5.75 Å². The molecule has 2 nitrogen and oxygen atoms in total. The van der Waals surface area contributed by atoms with Crippen LogP contribution in [-0.4, -0.2) is 11.4 Å². The van der Waals surface area contributed by atoms with E-state index in [9.17, 15) is 9.90 Å². The van der Waals surface area contributed by atoms with Crippen molar-refractivity contribution in [3.63, 3.8) is 0 Å². The van der Waals surface area contributed by atoms with Gasteiger partial charge in [-0.15, -0.1) is 0 Å². The number of hydrogen-bond acceptors (Lipinski definition) is 2. The maximum absolute atomic E-state index is 10.5. The van der Waals surface area contributed by atoms with Crippen molar-refractivity contribution < 1.29 is 9.90 Å². The molecule has 0 fully saturated rings. The molecule has 0 spiro atoms. The van der Waals surface area contributed by atoms with E-state index in [1.54, 1.807) is 12.1 Å². The van der Waals surface area contributed by atoms with Gasteiger partial charge in [-0.05, 0) is 24.5 Å². The second kappa shape index (κ2) is 8.73. The zero-order chi connectivity index (χ0) is 13.2. The highest BCUT2D eigenvalue weighted by Crippen LogP contribution is 2.20. The molecular formula is C16H24O2. The van der Waals surface area contributed by atoms with Crippen LogP contribution in [0.15, 0.2) is 18.2 Å². The Morgan fingerprint density at radius 2 is 1.72 bits per heavy atom. The Morgan fingerprint density at radius 3 is 2.33 bits per heavy atom. The maximum atomic E-state index is 10.5. The number of aldehydes is 1. The van der Waals surface area contributed by atoms with E-state index in [4.69, 9.17) is 0 Å². The highest BCUT2D eigenvalue weighted by molar-refractivity contribution is 5.75. The Kier molecular flexibility index (Phi) is 7.16. The van der Waals surface area contributed by atoms with Gasteiger partial charge in [-0.1, -0.05) is 57.6 Å². The predicted molar refractivity (Wildman–Crippen MR) is 75.2 cm³/mol. The molecule has 18 heavy (non-hydrogen) atoms. The lowest BCUT2D eigenvalue weighted by Gasteiger charge is -2.05. The van der Waals surface area contributed by atoms with Crippen molar-refractivity contribution in [1.82, 2.24) is 0 Å². The number of benzene rings is 1. The molecule has 2 heteroatoms. The maximum Gasteiger partial charge on any atom is 0.150 e. The number of carbonyl (C=O) groups excluding carboxylic acids is 1. The Balaban J connectivity index is 2.21. The number of phenolic OH excluding ortho intramolecular Hbond substituents is 1. The van der Waals surface area contributed by atoms with E-state index < -0.39 is 0 Å². The average Bonchev–Trinajstić information content (AvgIpc) is 2.39. The summed E-state index contributed by atoms with van der Waals surface area (Å²) < 4.78 is 0. The molecule has 0 unspecified atom stereocenters. The number of aryl methyl sites for hydroxylation is 1. The zero-order valence-corrected chi connectivity index (χ0v) is 11.3. The van der Waals surface area contributed by atoms with Gasteiger partial charge >= 0.3 is 0 Å². The van der Waals surface area contributed by atoms with E-state index in [1.807, 2.05) is 6.07 Å². The first-order valence-electron chi connectivity index (χ1n) is 7.05. The number of hydrogen-bond donors (Lipinski definition) is 1. The van der Waals surface area contributed by atoms with Crippen LogP contribution in [0.5, 0.6) is 5.75 Å². The lowest BCUT2D eigenvalue weighted by molar-refractivity contribution is 0.112. The lowest BCUT2D eigenvalue weighted by Crippen LogP contribution is -1.89. The fourth-order valence-electron chi connectivity index (χ4n) is 2.14. The normalized spacial score (nSPS) is 10.5. The van der Waals surface area contributed by atoms with Crippen molar-refractivity contribution in [1.29, 1.82) is 0 Å². The van der Waals surface area contributed by atoms with Crippen LogP contribution in [0.4, 0.5) is 0 Å². The number of unbranched alkanes of at least 4 members (excludes halogenated alkanes) is 6. The van der Waals surface area contributed by atoms with Gasteiger partial charge in [0.05, 0.1) is 0 Å².